The van der Waals surface area contributed by atoms with E-state index in [0.717, 1.165) is 20.3 Å². The molecule has 3 nitrogen and oxygen atoms in total. The SMILES string of the molecule is Cn1cc(C(=O)/C=C/c2ccc(-c3ccccc3Cl)s2)cn1. The van der Waals surface area contributed by atoms with E-state index in [1.165, 1.54) is 0 Å². The molecule has 0 bridgehead atoms. The van der Waals surface area contributed by atoms with Gasteiger partial charge in [-0.05, 0) is 30.4 Å². The highest BCUT2D eigenvalue weighted by Gasteiger charge is 2.06. The molecule has 0 saturated carbocycles. The van der Waals surface area contributed by atoms with Crippen molar-refractivity contribution in [2.45, 2.75) is 0 Å². The number of nitrogens with zero attached hydrogens (tertiary/aromatic N) is 2. The number of rotatable bonds is 4. The van der Waals surface area contributed by atoms with Crippen LogP contribution < -0.4 is 0 Å². The van der Waals surface area contributed by atoms with Crippen molar-refractivity contribution >= 4 is 34.8 Å². The molecule has 2 aromatic heterocycles. The van der Waals surface area contributed by atoms with Gasteiger partial charge in [0, 0.05) is 33.6 Å². The average molecular weight is 329 g/mol. The van der Waals surface area contributed by atoms with E-state index in [-0.39, 0.29) is 5.78 Å². The number of aromatic nitrogens is 2. The van der Waals surface area contributed by atoms with Crippen LogP contribution in [0.1, 0.15) is 15.2 Å². The van der Waals surface area contributed by atoms with Crippen LogP contribution >= 0.6 is 22.9 Å². The molecule has 0 radical (unpaired) electrons. The normalized spacial score (nSPS) is 11.2. The first-order valence-corrected chi connectivity index (χ1v) is 7.89. The van der Waals surface area contributed by atoms with Crippen LogP contribution in [0.15, 0.2) is 54.9 Å². The van der Waals surface area contributed by atoms with Crippen LogP contribution in [0.2, 0.25) is 5.02 Å². The molecule has 3 rings (SSSR count). The Balaban J connectivity index is 1.79. The average Bonchev–Trinajstić information content (AvgIpc) is 3.14. The summed E-state index contributed by atoms with van der Waals surface area (Å²) in [5, 5.41) is 4.72. The summed E-state index contributed by atoms with van der Waals surface area (Å²) < 4.78 is 1.61. The van der Waals surface area contributed by atoms with Gasteiger partial charge in [0.15, 0.2) is 5.78 Å². The van der Waals surface area contributed by atoms with E-state index >= 15 is 0 Å². The largest absolute Gasteiger partial charge is 0.289 e. The summed E-state index contributed by atoms with van der Waals surface area (Å²) >= 11 is 7.80. The van der Waals surface area contributed by atoms with Crippen molar-refractivity contribution in [3.05, 3.63) is 70.3 Å². The smallest absolute Gasteiger partial charge is 0.189 e. The van der Waals surface area contributed by atoms with Crippen molar-refractivity contribution in [2.75, 3.05) is 0 Å². The molecule has 0 unspecified atom stereocenters. The second-order valence-corrected chi connectivity index (χ2v) is 6.30. The van der Waals surface area contributed by atoms with Gasteiger partial charge in [-0.2, -0.15) is 5.10 Å². The van der Waals surface area contributed by atoms with Gasteiger partial charge in [0.25, 0.3) is 0 Å². The first kappa shape index (κ1) is 14.8. The van der Waals surface area contributed by atoms with E-state index in [2.05, 4.69) is 5.10 Å². The second-order valence-electron chi connectivity index (χ2n) is 4.78. The van der Waals surface area contributed by atoms with Crippen LogP contribution in [0, 0.1) is 0 Å². The minimum absolute atomic E-state index is 0.0548. The Labute approximate surface area is 137 Å². The van der Waals surface area contributed by atoms with Crippen molar-refractivity contribution in [1.82, 2.24) is 9.78 Å². The molecule has 0 aliphatic carbocycles. The summed E-state index contributed by atoms with van der Waals surface area (Å²) in [6.07, 6.45) is 6.66. The maximum absolute atomic E-state index is 12.0. The zero-order chi connectivity index (χ0) is 15.5. The fourth-order valence-corrected chi connectivity index (χ4v) is 3.29. The van der Waals surface area contributed by atoms with Gasteiger partial charge >= 0.3 is 0 Å². The molecule has 0 aliphatic heterocycles. The van der Waals surface area contributed by atoms with Crippen LogP contribution in [-0.2, 0) is 7.05 Å². The molecule has 2 heterocycles. The van der Waals surface area contributed by atoms with Gasteiger partial charge in [0.2, 0.25) is 0 Å². The Kier molecular flexibility index (Phi) is 4.22. The molecule has 22 heavy (non-hydrogen) atoms. The summed E-state index contributed by atoms with van der Waals surface area (Å²) in [7, 11) is 1.79. The second kappa shape index (κ2) is 6.30. The van der Waals surface area contributed by atoms with Gasteiger partial charge in [-0.1, -0.05) is 29.8 Å². The number of carbonyl (C=O) groups excluding carboxylic acids is 1. The lowest BCUT2D eigenvalue weighted by Gasteiger charge is -1.99. The van der Waals surface area contributed by atoms with E-state index in [1.807, 2.05) is 42.5 Å². The predicted molar refractivity (Wildman–Crippen MR) is 91.3 cm³/mol. The zero-order valence-corrected chi connectivity index (χ0v) is 13.4. The van der Waals surface area contributed by atoms with E-state index in [1.54, 1.807) is 41.5 Å². The van der Waals surface area contributed by atoms with Crippen LogP contribution in [0.3, 0.4) is 0 Å². The number of hydrogen-bond acceptors (Lipinski definition) is 3. The topological polar surface area (TPSA) is 34.9 Å². The van der Waals surface area contributed by atoms with Crippen molar-refractivity contribution in [3.8, 4) is 10.4 Å². The highest BCUT2D eigenvalue weighted by Crippen LogP contribution is 2.33. The molecule has 3 aromatic rings. The molecule has 5 heteroatoms. The highest BCUT2D eigenvalue weighted by molar-refractivity contribution is 7.16. The molecular formula is C17H13ClN2OS. The fourth-order valence-electron chi connectivity index (χ4n) is 2.05. The lowest BCUT2D eigenvalue weighted by Crippen LogP contribution is -1.91. The zero-order valence-electron chi connectivity index (χ0n) is 11.9. The number of aryl methyl sites for hydroxylation is 1. The van der Waals surface area contributed by atoms with Gasteiger partial charge < -0.3 is 0 Å². The number of hydrogen-bond donors (Lipinski definition) is 0. The Morgan fingerprint density at radius 1 is 1.27 bits per heavy atom. The standard InChI is InChI=1S/C17H13ClN2OS/c1-20-11-12(10-19-20)16(21)8-6-13-7-9-17(22-13)14-4-2-3-5-15(14)18/h2-11H,1H3/b8-6+. The van der Waals surface area contributed by atoms with Gasteiger partial charge in [0.05, 0.1) is 11.8 Å². The molecule has 110 valence electrons. The minimum atomic E-state index is -0.0548. The maximum atomic E-state index is 12.0. The van der Waals surface area contributed by atoms with Gasteiger partial charge in [-0.15, -0.1) is 11.3 Å². The van der Waals surface area contributed by atoms with Crippen molar-refractivity contribution in [1.29, 1.82) is 0 Å². The number of ketones is 1. The van der Waals surface area contributed by atoms with Gasteiger partial charge in [0.1, 0.15) is 0 Å². The Morgan fingerprint density at radius 2 is 2.09 bits per heavy atom. The van der Waals surface area contributed by atoms with E-state index in [0.29, 0.717) is 5.56 Å². The lowest BCUT2D eigenvalue weighted by atomic mass is 10.2. The monoisotopic (exact) mass is 328 g/mol. The molecule has 1 aromatic carbocycles. The number of thiophene rings is 1. The molecular weight excluding hydrogens is 316 g/mol. The first-order chi connectivity index (χ1) is 10.6. The molecule has 0 atom stereocenters. The van der Waals surface area contributed by atoms with Crippen LogP contribution in [0.5, 0.6) is 0 Å². The van der Waals surface area contributed by atoms with Crippen molar-refractivity contribution in [2.24, 2.45) is 7.05 Å². The molecule has 0 spiro atoms. The molecule has 0 saturated heterocycles. The third kappa shape index (κ3) is 3.18. The lowest BCUT2D eigenvalue weighted by molar-refractivity contribution is 0.104. The summed E-state index contributed by atoms with van der Waals surface area (Å²) in [5.74, 6) is -0.0548. The Hall–Kier alpha value is -2.17. The number of carbonyl (C=O) groups is 1. The Bertz CT molecular complexity index is 848. The van der Waals surface area contributed by atoms with E-state index in [9.17, 15) is 4.79 Å². The number of benzene rings is 1. The summed E-state index contributed by atoms with van der Waals surface area (Å²) in [5.41, 5.74) is 1.59. The van der Waals surface area contributed by atoms with Gasteiger partial charge in [-0.25, -0.2) is 0 Å². The summed E-state index contributed by atoms with van der Waals surface area (Å²) in [6.45, 7) is 0. The summed E-state index contributed by atoms with van der Waals surface area (Å²) in [6, 6.07) is 11.7. The van der Waals surface area contributed by atoms with Gasteiger partial charge in [-0.3, -0.25) is 9.48 Å². The van der Waals surface area contributed by atoms with Crippen LogP contribution in [0.25, 0.3) is 16.5 Å². The van der Waals surface area contributed by atoms with Crippen molar-refractivity contribution < 1.29 is 4.79 Å². The Morgan fingerprint density at radius 3 is 2.82 bits per heavy atom. The van der Waals surface area contributed by atoms with E-state index in [4.69, 9.17) is 11.6 Å². The molecule has 0 fully saturated rings. The van der Waals surface area contributed by atoms with E-state index < -0.39 is 0 Å². The minimum Gasteiger partial charge on any atom is -0.289 e. The quantitative estimate of drug-likeness (QED) is 0.514. The van der Waals surface area contributed by atoms with Crippen molar-refractivity contribution in [3.63, 3.8) is 0 Å². The number of halogens is 1. The maximum Gasteiger partial charge on any atom is 0.189 e. The highest BCUT2D eigenvalue weighted by atomic mass is 35.5. The summed E-state index contributed by atoms with van der Waals surface area (Å²) in [4.78, 5) is 14.1. The first-order valence-electron chi connectivity index (χ1n) is 6.69. The molecule has 0 aliphatic rings. The molecule has 0 amide bonds. The third-order valence-corrected chi connectivity index (χ3v) is 4.57. The van der Waals surface area contributed by atoms with Crippen LogP contribution in [-0.4, -0.2) is 15.6 Å². The van der Waals surface area contributed by atoms with Crippen LogP contribution in [0.4, 0.5) is 0 Å². The fraction of sp³-hybridized carbons (Fsp3) is 0.0588. The predicted octanol–water partition coefficient (Wildman–Crippen LogP) is 4.70. The number of allylic oxidation sites excluding steroid dienone is 1. The third-order valence-electron chi connectivity index (χ3n) is 3.15. The molecule has 0 N–H and O–H groups in total.